The van der Waals surface area contributed by atoms with E-state index in [2.05, 4.69) is 37.2 Å². The van der Waals surface area contributed by atoms with Gasteiger partial charge in [-0.3, -0.25) is 4.79 Å². The zero-order valence-electron chi connectivity index (χ0n) is 13.9. The molecule has 24 heavy (non-hydrogen) atoms. The lowest BCUT2D eigenvalue weighted by Crippen LogP contribution is -2.56. The number of ether oxygens (including phenoxy) is 1. The quantitative estimate of drug-likeness (QED) is 0.703. The van der Waals surface area contributed by atoms with Crippen molar-refractivity contribution < 1.29 is 9.53 Å². The Morgan fingerprint density at radius 1 is 1.12 bits per heavy atom. The van der Waals surface area contributed by atoms with Crippen LogP contribution in [0.2, 0.25) is 0 Å². The SMILES string of the molecule is Cc1cc(Br)cc(Br)c1OCC(=O)NC1C2CC3CC(C2)CC1C3. The normalized spacial score (nSPS) is 33.5. The van der Waals surface area contributed by atoms with Gasteiger partial charge in [0.15, 0.2) is 6.61 Å². The van der Waals surface area contributed by atoms with Crippen molar-refractivity contribution in [3.05, 3.63) is 26.6 Å². The van der Waals surface area contributed by atoms with Crippen molar-refractivity contribution in [1.82, 2.24) is 5.32 Å². The van der Waals surface area contributed by atoms with E-state index >= 15 is 0 Å². The van der Waals surface area contributed by atoms with E-state index in [0.717, 1.165) is 32.1 Å². The third-order valence-electron chi connectivity index (χ3n) is 6.10. The van der Waals surface area contributed by atoms with Gasteiger partial charge in [-0.15, -0.1) is 0 Å². The Morgan fingerprint density at radius 3 is 2.33 bits per heavy atom. The number of nitrogens with one attached hydrogen (secondary N) is 1. The first-order chi connectivity index (χ1) is 11.5. The second kappa shape index (κ2) is 6.64. The van der Waals surface area contributed by atoms with Crippen molar-refractivity contribution in [2.24, 2.45) is 23.7 Å². The van der Waals surface area contributed by atoms with Crippen molar-refractivity contribution in [3.63, 3.8) is 0 Å². The Bertz CT molecular complexity index is 610. The molecule has 4 bridgehead atoms. The van der Waals surface area contributed by atoms with Crippen LogP contribution in [0.5, 0.6) is 5.75 Å². The summed E-state index contributed by atoms with van der Waals surface area (Å²) in [5.41, 5.74) is 1.01. The zero-order chi connectivity index (χ0) is 16.8. The summed E-state index contributed by atoms with van der Waals surface area (Å²) in [5, 5.41) is 3.29. The second-order valence-corrected chi connectivity index (χ2v) is 9.62. The summed E-state index contributed by atoms with van der Waals surface area (Å²) in [5.74, 6) is 4.02. The van der Waals surface area contributed by atoms with Crippen LogP contribution in [0.25, 0.3) is 0 Å². The molecule has 5 heteroatoms. The Labute approximate surface area is 160 Å². The van der Waals surface area contributed by atoms with E-state index < -0.39 is 0 Å². The average molecular weight is 457 g/mol. The molecule has 1 N–H and O–H groups in total. The Hall–Kier alpha value is -0.550. The van der Waals surface area contributed by atoms with Crippen LogP contribution >= 0.6 is 31.9 Å². The number of carbonyl (C=O) groups excluding carboxylic acids is 1. The molecule has 0 heterocycles. The highest BCUT2D eigenvalue weighted by molar-refractivity contribution is 9.11. The van der Waals surface area contributed by atoms with Gasteiger partial charge in [0.25, 0.3) is 5.91 Å². The lowest BCUT2D eigenvalue weighted by Gasteiger charge is -2.54. The van der Waals surface area contributed by atoms with E-state index in [1.807, 2.05) is 19.1 Å². The van der Waals surface area contributed by atoms with Gasteiger partial charge in [-0.2, -0.15) is 0 Å². The lowest BCUT2D eigenvalue weighted by molar-refractivity contribution is -0.127. The molecule has 0 aromatic heterocycles. The number of halogens is 2. The van der Waals surface area contributed by atoms with Crippen LogP contribution in [0, 0.1) is 30.6 Å². The van der Waals surface area contributed by atoms with Gasteiger partial charge < -0.3 is 10.1 Å². The molecule has 0 atom stereocenters. The molecule has 4 aliphatic carbocycles. The maximum Gasteiger partial charge on any atom is 0.258 e. The first kappa shape index (κ1) is 16.9. The number of hydrogen-bond donors (Lipinski definition) is 1. The Balaban J connectivity index is 1.36. The molecule has 130 valence electrons. The number of benzene rings is 1. The van der Waals surface area contributed by atoms with E-state index in [4.69, 9.17) is 4.74 Å². The third kappa shape index (κ3) is 3.26. The Kier molecular flexibility index (Phi) is 4.67. The highest BCUT2D eigenvalue weighted by Gasteiger charge is 2.48. The highest BCUT2D eigenvalue weighted by Crippen LogP contribution is 2.53. The summed E-state index contributed by atoms with van der Waals surface area (Å²) < 4.78 is 7.67. The van der Waals surface area contributed by atoms with Crippen molar-refractivity contribution in [2.75, 3.05) is 6.61 Å². The summed E-state index contributed by atoms with van der Waals surface area (Å²) in [6, 6.07) is 4.32. The van der Waals surface area contributed by atoms with E-state index in [1.165, 1.54) is 32.1 Å². The van der Waals surface area contributed by atoms with Crippen LogP contribution in [0.4, 0.5) is 0 Å². The maximum atomic E-state index is 12.4. The van der Waals surface area contributed by atoms with E-state index in [1.54, 1.807) is 0 Å². The summed E-state index contributed by atoms with van der Waals surface area (Å²) in [7, 11) is 0. The molecular formula is C19H23Br2NO2. The van der Waals surface area contributed by atoms with Gasteiger partial charge in [0.05, 0.1) is 4.47 Å². The largest absolute Gasteiger partial charge is 0.482 e. The lowest BCUT2D eigenvalue weighted by atomic mass is 9.54. The topological polar surface area (TPSA) is 38.3 Å². The number of aryl methyl sites for hydroxylation is 1. The first-order valence-corrected chi connectivity index (χ1v) is 10.5. The first-order valence-electron chi connectivity index (χ1n) is 8.87. The molecule has 4 saturated carbocycles. The fourth-order valence-corrected chi connectivity index (χ4v) is 6.95. The predicted molar refractivity (Wildman–Crippen MR) is 101 cm³/mol. The zero-order valence-corrected chi connectivity index (χ0v) is 17.0. The maximum absolute atomic E-state index is 12.4. The summed E-state index contributed by atoms with van der Waals surface area (Å²) in [6.07, 6.45) is 6.70. The second-order valence-electron chi connectivity index (χ2n) is 7.85. The minimum Gasteiger partial charge on any atom is -0.482 e. The van der Waals surface area contributed by atoms with Crippen LogP contribution in [-0.4, -0.2) is 18.6 Å². The molecule has 4 fully saturated rings. The fourth-order valence-electron chi connectivity index (χ4n) is 5.40. The number of rotatable bonds is 4. The molecule has 1 aromatic carbocycles. The van der Waals surface area contributed by atoms with E-state index in [9.17, 15) is 4.79 Å². The Morgan fingerprint density at radius 2 is 1.75 bits per heavy atom. The van der Waals surface area contributed by atoms with Crippen LogP contribution in [0.3, 0.4) is 0 Å². The van der Waals surface area contributed by atoms with Crippen LogP contribution in [0.15, 0.2) is 21.1 Å². The van der Waals surface area contributed by atoms with Gasteiger partial charge in [0.1, 0.15) is 5.75 Å². The molecule has 4 aliphatic rings. The molecule has 0 unspecified atom stereocenters. The van der Waals surface area contributed by atoms with E-state index in [-0.39, 0.29) is 12.5 Å². The van der Waals surface area contributed by atoms with Crippen molar-refractivity contribution >= 4 is 37.8 Å². The minimum absolute atomic E-state index is 0.0155. The molecule has 0 aliphatic heterocycles. The van der Waals surface area contributed by atoms with Crippen molar-refractivity contribution in [1.29, 1.82) is 0 Å². The van der Waals surface area contributed by atoms with Gasteiger partial charge in [0, 0.05) is 10.5 Å². The van der Waals surface area contributed by atoms with Crippen molar-refractivity contribution in [2.45, 2.75) is 45.1 Å². The van der Waals surface area contributed by atoms with Crippen molar-refractivity contribution in [3.8, 4) is 5.75 Å². The summed E-state index contributed by atoms with van der Waals surface area (Å²) >= 11 is 6.97. The number of amides is 1. The molecule has 1 aromatic rings. The number of carbonyl (C=O) groups is 1. The summed E-state index contributed by atoms with van der Waals surface area (Å²) in [4.78, 5) is 12.4. The van der Waals surface area contributed by atoms with Gasteiger partial charge in [0.2, 0.25) is 0 Å². The predicted octanol–water partition coefficient (Wildman–Crippen LogP) is 4.84. The molecule has 0 radical (unpaired) electrons. The molecule has 5 rings (SSSR count). The monoisotopic (exact) mass is 455 g/mol. The molecule has 0 saturated heterocycles. The standard InChI is InChI=1S/C19H23Br2NO2/c1-10-2-15(20)8-16(21)19(10)24-9-17(23)22-18-13-4-11-3-12(6-13)7-14(18)5-11/h2,8,11-14,18H,3-7,9H2,1H3,(H,22,23). The van der Waals surface area contributed by atoms with Gasteiger partial charge in [-0.25, -0.2) is 0 Å². The van der Waals surface area contributed by atoms with Gasteiger partial charge in [-0.05, 0) is 96.3 Å². The molecule has 0 spiro atoms. The minimum atomic E-state index is 0.0155. The third-order valence-corrected chi connectivity index (χ3v) is 7.14. The average Bonchev–Trinajstić information content (AvgIpc) is 2.49. The van der Waals surface area contributed by atoms with Crippen LogP contribution < -0.4 is 10.1 Å². The molecule has 3 nitrogen and oxygen atoms in total. The van der Waals surface area contributed by atoms with Crippen LogP contribution in [0.1, 0.15) is 37.7 Å². The smallest absolute Gasteiger partial charge is 0.258 e. The number of hydrogen-bond acceptors (Lipinski definition) is 2. The van der Waals surface area contributed by atoms with Crippen LogP contribution in [-0.2, 0) is 4.79 Å². The summed E-state index contributed by atoms with van der Waals surface area (Å²) in [6.45, 7) is 2.07. The molecule has 1 amide bonds. The molecular weight excluding hydrogens is 434 g/mol. The van der Waals surface area contributed by atoms with Gasteiger partial charge >= 0.3 is 0 Å². The fraction of sp³-hybridized carbons (Fsp3) is 0.632. The van der Waals surface area contributed by atoms with E-state index in [0.29, 0.717) is 17.9 Å². The highest BCUT2D eigenvalue weighted by atomic mass is 79.9. The van der Waals surface area contributed by atoms with Gasteiger partial charge in [-0.1, -0.05) is 15.9 Å².